The van der Waals surface area contributed by atoms with Gasteiger partial charge in [0, 0.05) is 17.8 Å². The normalized spacial score (nSPS) is 30.1. The minimum absolute atomic E-state index is 0.275. The van der Waals surface area contributed by atoms with Gasteiger partial charge in [-0.15, -0.1) is 0 Å². The quantitative estimate of drug-likeness (QED) is 0.839. The van der Waals surface area contributed by atoms with Gasteiger partial charge >= 0.3 is 0 Å². The van der Waals surface area contributed by atoms with E-state index < -0.39 is 0 Å². The molecule has 2 heterocycles. The number of rotatable bonds is 2. The lowest BCUT2D eigenvalue weighted by molar-refractivity contribution is 0.0610. The Morgan fingerprint density at radius 2 is 1.84 bits per heavy atom. The number of anilines is 1. The number of hydrogen-bond donors (Lipinski definition) is 1. The highest BCUT2D eigenvalue weighted by atomic mass is 32.1. The van der Waals surface area contributed by atoms with Crippen LogP contribution in [0, 0.1) is 0 Å². The topological polar surface area (TPSA) is 24.5 Å². The molecular weight excluding hydrogens is 256 g/mol. The second-order valence-electron chi connectivity index (χ2n) is 5.54. The fourth-order valence-corrected chi connectivity index (χ4v) is 3.53. The molecule has 2 atom stereocenters. The van der Waals surface area contributed by atoms with Crippen LogP contribution >= 0.6 is 12.2 Å². The van der Waals surface area contributed by atoms with Crippen LogP contribution < -0.4 is 5.32 Å². The van der Waals surface area contributed by atoms with E-state index in [-0.39, 0.29) is 6.10 Å². The van der Waals surface area contributed by atoms with Gasteiger partial charge in [-0.05, 0) is 57.1 Å². The third kappa shape index (κ3) is 2.90. The maximum absolute atomic E-state index is 5.92. The molecule has 1 aromatic rings. The minimum atomic E-state index is 0.275. The summed E-state index contributed by atoms with van der Waals surface area (Å²) in [4.78, 5) is 2.51. The van der Waals surface area contributed by atoms with Crippen molar-refractivity contribution in [2.24, 2.45) is 0 Å². The average Bonchev–Trinajstić information content (AvgIpc) is 2.63. The number of hydrogen-bond acceptors (Lipinski definition) is 3. The first-order valence-corrected chi connectivity index (χ1v) is 7.38. The van der Waals surface area contributed by atoms with Crippen LogP contribution in [-0.4, -0.2) is 35.3 Å². The molecule has 1 N–H and O–H groups in total. The monoisotopic (exact) mass is 276 g/mol. The van der Waals surface area contributed by atoms with Gasteiger partial charge in [-0.1, -0.05) is 18.2 Å². The Kier molecular flexibility index (Phi) is 3.71. The Bertz CT molecular complexity index is 437. The van der Waals surface area contributed by atoms with Gasteiger partial charge in [0.05, 0.1) is 0 Å². The molecule has 0 aliphatic carbocycles. The molecule has 0 saturated carbocycles. The Labute approximate surface area is 119 Å². The molecule has 1 aromatic carbocycles. The molecule has 3 rings (SSSR count). The van der Waals surface area contributed by atoms with E-state index in [1.165, 1.54) is 12.8 Å². The first-order valence-electron chi connectivity index (χ1n) is 6.97. The number of benzene rings is 1. The largest absolute Gasteiger partial charge is 0.467 e. The van der Waals surface area contributed by atoms with Crippen molar-refractivity contribution in [2.75, 3.05) is 12.4 Å². The number of ether oxygens (including phenoxy) is 1. The van der Waals surface area contributed by atoms with Crippen molar-refractivity contribution < 1.29 is 4.74 Å². The summed E-state index contributed by atoms with van der Waals surface area (Å²) in [5.74, 6) is 0. The summed E-state index contributed by atoms with van der Waals surface area (Å²) >= 11 is 5.30. The first-order chi connectivity index (χ1) is 9.22. The maximum Gasteiger partial charge on any atom is 0.261 e. The Morgan fingerprint density at radius 3 is 2.47 bits per heavy atom. The summed E-state index contributed by atoms with van der Waals surface area (Å²) in [6.07, 6.45) is 5.09. The zero-order chi connectivity index (χ0) is 13.2. The molecule has 3 nitrogen and oxygen atoms in total. The molecule has 2 unspecified atom stereocenters. The smallest absolute Gasteiger partial charge is 0.261 e. The molecule has 2 aliphatic rings. The summed E-state index contributed by atoms with van der Waals surface area (Å²) in [5, 5.41) is 3.65. The zero-order valence-corrected chi connectivity index (χ0v) is 12.0. The second-order valence-corrected chi connectivity index (χ2v) is 5.91. The van der Waals surface area contributed by atoms with Gasteiger partial charge < -0.3 is 15.0 Å². The zero-order valence-electron chi connectivity index (χ0n) is 11.2. The number of nitrogens with one attached hydrogen (secondary N) is 1. The Balaban J connectivity index is 1.53. The summed E-state index contributed by atoms with van der Waals surface area (Å²) in [6, 6.07) is 11.3. The molecule has 0 amide bonds. The molecule has 0 aromatic heterocycles. The van der Waals surface area contributed by atoms with E-state index in [1.807, 2.05) is 30.3 Å². The summed E-state index contributed by atoms with van der Waals surface area (Å²) in [7, 11) is 2.24. The fourth-order valence-electron chi connectivity index (χ4n) is 3.28. The van der Waals surface area contributed by atoms with Gasteiger partial charge in [0.25, 0.3) is 5.17 Å². The van der Waals surface area contributed by atoms with Crippen LogP contribution in [0.2, 0.25) is 0 Å². The molecule has 2 saturated heterocycles. The van der Waals surface area contributed by atoms with Gasteiger partial charge in [0.15, 0.2) is 0 Å². The molecule has 2 aliphatic heterocycles. The van der Waals surface area contributed by atoms with E-state index in [9.17, 15) is 0 Å². The van der Waals surface area contributed by atoms with E-state index in [4.69, 9.17) is 17.0 Å². The number of nitrogens with zero attached hydrogens (tertiary/aromatic N) is 1. The lowest BCUT2D eigenvalue weighted by atomic mass is 10.0. The van der Waals surface area contributed by atoms with E-state index in [2.05, 4.69) is 17.3 Å². The van der Waals surface area contributed by atoms with Crippen LogP contribution in [0.15, 0.2) is 30.3 Å². The highest BCUT2D eigenvalue weighted by Crippen LogP contribution is 2.35. The minimum Gasteiger partial charge on any atom is -0.467 e. The van der Waals surface area contributed by atoms with Crippen LogP contribution in [0.3, 0.4) is 0 Å². The second kappa shape index (κ2) is 5.47. The molecule has 102 valence electrons. The predicted molar refractivity (Wildman–Crippen MR) is 81.3 cm³/mol. The van der Waals surface area contributed by atoms with Crippen LogP contribution in [0.4, 0.5) is 5.69 Å². The van der Waals surface area contributed by atoms with Crippen molar-refractivity contribution in [1.82, 2.24) is 4.90 Å². The summed E-state index contributed by atoms with van der Waals surface area (Å²) in [5.41, 5.74) is 0.989. The van der Waals surface area contributed by atoms with Crippen molar-refractivity contribution >= 4 is 23.1 Å². The molecule has 19 heavy (non-hydrogen) atoms. The number of thiocarbonyl (C=S) groups is 1. The van der Waals surface area contributed by atoms with Crippen molar-refractivity contribution in [3.8, 4) is 0 Å². The van der Waals surface area contributed by atoms with Crippen molar-refractivity contribution in [3.05, 3.63) is 30.3 Å². The van der Waals surface area contributed by atoms with Crippen molar-refractivity contribution in [2.45, 2.75) is 43.9 Å². The molecule has 4 heteroatoms. The van der Waals surface area contributed by atoms with Gasteiger partial charge in [-0.25, -0.2) is 0 Å². The fraction of sp³-hybridized carbons (Fsp3) is 0.533. The van der Waals surface area contributed by atoms with E-state index >= 15 is 0 Å². The van der Waals surface area contributed by atoms with Crippen LogP contribution in [0.1, 0.15) is 25.7 Å². The highest BCUT2D eigenvalue weighted by molar-refractivity contribution is 7.80. The Hall–Kier alpha value is -1.13. The van der Waals surface area contributed by atoms with Gasteiger partial charge in [0.1, 0.15) is 6.10 Å². The highest BCUT2D eigenvalue weighted by Gasteiger charge is 2.39. The van der Waals surface area contributed by atoms with Crippen LogP contribution in [0.25, 0.3) is 0 Å². The number of piperidine rings is 1. The lowest BCUT2D eigenvalue weighted by Gasteiger charge is -2.36. The maximum atomic E-state index is 5.92. The lowest BCUT2D eigenvalue weighted by Crippen LogP contribution is -2.43. The van der Waals surface area contributed by atoms with Gasteiger partial charge in [-0.3, -0.25) is 0 Å². The summed E-state index contributed by atoms with van der Waals surface area (Å²) < 4.78 is 5.92. The van der Waals surface area contributed by atoms with Crippen LogP contribution in [-0.2, 0) is 4.74 Å². The molecular formula is C15H20N2OS. The number of para-hydroxylation sites is 1. The van der Waals surface area contributed by atoms with E-state index in [0.29, 0.717) is 17.3 Å². The SMILES string of the molecule is CN1C2CCC1CC(OC(=S)Nc1ccccc1)C2. The van der Waals surface area contributed by atoms with E-state index in [1.54, 1.807) is 0 Å². The Morgan fingerprint density at radius 1 is 1.21 bits per heavy atom. The standard InChI is InChI=1S/C15H20N2OS/c1-17-12-7-8-13(17)10-14(9-12)18-15(19)16-11-5-3-2-4-6-11/h2-6,12-14H,7-10H2,1H3,(H,16,19). The molecule has 0 spiro atoms. The molecule has 2 fully saturated rings. The van der Waals surface area contributed by atoms with Crippen molar-refractivity contribution in [3.63, 3.8) is 0 Å². The predicted octanol–water partition coefficient (Wildman–Crippen LogP) is 3.03. The summed E-state index contributed by atoms with van der Waals surface area (Å²) in [6.45, 7) is 0. The average molecular weight is 276 g/mol. The van der Waals surface area contributed by atoms with Crippen molar-refractivity contribution in [1.29, 1.82) is 0 Å². The number of fused-ring (bicyclic) bond motifs is 2. The third-order valence-electron chi connectivity index (χ3n) is 4.35. The first kappa shape index (κ1) is 12.9. The van der Waals surface area contributed by atoms with E-state index in [0.717, 1.165) is 18.5 Å². The van der Waals surface area contributed by atoms with Gasteiger partial charge in [-0.2, -0.15) is 0 Å². The molecule has 0 radical (unpaired) electrons. The molecule has 2 bridgehead atoms. The third-order valence-corrected chi connectivity index (χ3v) is 4.55. The van der Waals surface area contributed by atoms with Crippen LogP contribution in [0.5, 0.6) is 0 Å². The van der Waals surface area contributed by atoms with Gasteiger partial charge in [0.2, 0.25) is 0 Å².